The van der Waals surface area contributed by atoms with E-state index >= 15 is 0 Å². The molecule has 0 aromatic heterocycles. The number of rotatable bonds is 9. The molecule has 0 unspecified atom stereocenters. The molecule has 4 N–H and O–H groups in total. The van der Waals surface area contributed by atoms with Crippen LogP contribution in [0.25, 0.3) is 0 Å². The Hall–Kier alpha value is -2.08. The quantitative estimate of drug-likeness (QED) is 0.382. The van der Waals surface area contributed by atoms with Gasteiger partial charge in [0.15, 0.2) is 0 Å². The summed E-state index contributed by atoms with van der Waals surface area (Å²) in [4.78, 5) is 24.6. The van der Waals surface area contributed by atoms with Gasteiger partial charge in [-0.15, -0.1) is 0 Å². The average molecular weight is 457 g/mol. The van der Waals surface area contributed by atoms with Gasteiger partial charge < -0.3 is 20.9 Å². The minimum atomic E-state index is -0.244. The SMILES string of the molecule is C[C@]12CC[C@@H]3c4ccc(O)cc4CC[C@H]3[C@@H]1CC[C@@H]2OC(=O)CCC(=O)NCCCCCN. The van der Waals surface area contributed by atoms with Crippen LogP contribution in [0, 0.1) is 17.3 Å². The predicted molar refractivity (Wildman–Crippen MR) is 128 cm³/mol. The standard InChI is InChI=1S/C27H40N2O4/c1-27-14-13-21-20-8-6-19(30)17-18(20)5-7-22(21)23(27)9-10-24(27)33-26(32)12-11-25(31)29-16-4-2-3-15-28/h6,8,17,21-24,30H,2-5,7,9-16,28H2,1H3,(H,29,31)/t21-,22-,23+,24+,27+/m1/s1. The lowest BCUT2D eigenvalue weighted by molar-refractivity contribution is -0.158. The van der Waals surface area contributed by atoms with Gasteiger partial charge in [0.05, 0.1) is 6.42 Å². The molecule has 0 radical (unpaired) electrons. The third-order valence-electron chi connectivity index (χ3n) is 8.66. The Kier molecular flexibility index (Phi) is 7.62. The fourth-order valence-corrected chi connectivity index (χ4v) is 6.91. The van der Waals surface area contributed by atoms with Gasteiger partial charge in [-0.3, -0.25) is 9.59 Å². The number of benzene rings is 1. The summed E-state index contributed by atoms with van der Waals surface area (Å²) in [5.74, 6) is 1.77. The number of amides is 1. The number of fused-ring (bicyclic) bond motifs is 5. The Morgan fingerprint density at radius 1 is 1.15 bits per heavy atom. The van der Waals surface area contributed by atoms with E-state index in [1.165, 1.54) is 11.1 Å². The number of hydrogen-bond acceptors (Lipinski definition) is 5. The van der Waals surface area contributed by atoms with Gasteiger partial charge in [-0.05, 0) is 98.9 Å². The van der Waals surface area contributed by atoms with Crippen LogP contribution in [0.15, 0.2) is 18.2 Å². The molecule has 0 heterocycles. The fourth-order valence-electron chi connectivity index (χ4n) is 6.91. The van der Waals surface area contributed by atoms with E-state index in [-0.39, 0.29) is 36.2 Å². The second kappa shape index (κ2) is 10.5. The molecule has 0 aliphatic heterocycles. The number of aromatic hydroxyl groups is 1. The van der Waals surface area contributed by atoms with Gasteiger partial charge in [0.2, 0.25) is 5.91 Å². The van der Waals surface area contributed by atoms with Gasteiger partial charge in [0, 0.05) is 18.4 Å². The number of phenols is 1. The first-order valence-electron chi connectivity index (χ1n) is 12.9. The van der Waals surface area contributed by atoms with Crippen LogP contribution in [0.4, 0.5) is 0 Å². The Balaban J connectivity index is 1.28. The van der Waals surface area contributed by atoms with Crippen molar-refractivity contribution in [3.8, 4) is 5.75 Å². The van der Waals surface area contributed by atoms with Crippen LogP contribution >= 0.6 is 0 Å². The van der Waals surface area contributed by atoms with Gasteiger partial charge in [-0.25, -0.2) is 0 Å². The number of aryl methyl sites for hydroxylation is 1. The molecule has 1 aromatic rings. The molecule has 2 fully saturated rings. The van der Waals surface area contributed by atoms with Crippen LogP contribution in [-0.2, 0) is 20.7 Å². The molecular weight excluding hydrogens is 416 g/mol. The maximum absolute atomic E-state index is 12.6. The first-order valence-corrected chi connectivity index (χ1v) is 12.9. The highest BCUT2D eigenvalue weighted by Gasteiger charge is 2.56. The summed E-state index contributed by atoms with van der Waals surface area (Å²) in [6, 6.07) is 5.89. The maximum atomic E-state index is 12.6. The monoisotopic (exact) mass is 456 g/mol. The highest BCUT2D eigenvalue weighted by molar-refractivity contribution is 5.81. The molecule has 0 saturated heterocycles. The first kappa shape index (κ1) is 24.1. The van der Waals surface area contributed by atoms with Crippen molar-refractivity contribution in [1.29, 1.82) is 0 Å². The van der Waals surface area contributed by atoms with Gasteiger partial charge >= 0.3 is 5.97 Å². The van der Waals surface area contributed by atoms with Crippen LogP contribution in [0.3, 0.4) is 0 Å². The molecule has 6 nitrogen and oxygen atoms in total. The number of unbranched alkanes of at least 4 members (excludes halogenated alkanes) is 2. The summed E-state index contributed by atoms with van der Waals surface area (Å²) in [6.45, 7) is 3.64. The molecule has 1 amide bonds. The van der Waals surface area contributed by atoms with E-state index in [0.29, 0.717) is 36.6 Å². The van der Waals surface area contributed by atoms with Crippen molar-refractivity contribution in [2.75, 3.05) is 13.1 Å². The van der Waals surface area contributed by atoms with Crippen molar-refractivity contribution in [1.82, 2.24) is 5.32 Å². The van der Waals surface area contributed by atoms with E-state index < -0.39 is 0 Å². The van der Waals surface area contributed by atoms with Crippen LogP contribution in [0.2, 0.25) is 0 Å². The second-order valence-corrected chi connectivity index (χ2v) is 10.6. The number of ether oxygens (including phenoxy) is 1. The molecular formula is C27H40N2O4. The first-order chi connectivity index (χ1) is 15.9. The van der Waals surface area contributed by atoms with Crippen molar-refractivity contribution in [3.05, 3.63) is 29.3 Å². The van der Waals surface area contributed by atoms with Gasteiger partial charge in [0.25, 0.3) is 0 Å². The molecule has 3 aliphatic rings. The molecule has 2 saturated carbocycles. The number of phenolic OH excluding ortho intramolecular Hbond substituents is 1. The Morgan fingerprint density at radius 3 is 2.82 bits per heavy atom. The summed E-state index contributed by atoms with van der Waals surface area (Å²) in [5.41, 5.74) is 8.22. The zero-order chi connectivity index (χ0) is 23.4. The number of carbonyl (C=O) groups is 2. The molecule has 182 valence electrons. The lowest BCUT2D eigenvalue weighted by Gasteiger charge is -2.50. The Bertz CT molecular complexity index is 857. The predicted octanol–water partition coefficient (Wildman–Crippen LogP) is 4.19. The average Bonchev–Trinajstić information content (AvgIpc) is 3.13. The topological polar surface area (TPSA) is 102 Å². The largest absolute Gasteiger partial charge is 0.508 e. The highest BCUT2D eigenvalue weighted by atomic mass is 16.5. The van der Waals surface area contributed by atoms with Crippen molar-refractivity contribution in [2.24, 2.45) is 23.0 Å². The van der Waals surface area contributed by atoms with Crippen molar-refractivity contribution < 1.29 is 19.4 Å². The van der Waals surface area contributed by atoms with Gasteiger partial charge in [-0.1, -0.05) is 19.4 Å². The summed E-state index contributed by atoms with van der Waals surface area (Å²) >= 11 is 0. The van der Waals surface area contributed by atoms with E-state index in [2.05, 4.69) is 18.3 Å². The molecule has 1 aromatic carbocycles. The van der Waals surface area contributed by atoms with Crippen LogP contribution in [0.1, 0.15) is 88.2 Å². The fraction of sp³-hybridized carbons (Fsp3) is 0.704. The summed E-state index contributed by atoms with van der Waals surface area (Å²) in [6.07, 6.45) is 9.55. The zero-order valence-electron chi connectivity index (χ0n) is 20.0. The number of hydrogen-bond donors (Lipinski definition) is 3. The van der Waals surface area contributed by atoms with Crippen LogP contribution in [-0.4, -0.2) is 36.2 Å². The van der Waals surface area contributed by atoms with Gasteiger partial charge in [0.1, 0.15) is 11.9 Å². The van der Waals surface area contributed by atoms with E-state index in [9.17, 15) is 14.7 Å². The summed E-state index contributed by atoms with van der Waals surface area (Å²) in [7, 11) is 0. The number of carbonyl (C=O) groups excluding carboxylic acids is 2. The zero-order valence-corrected chi connectivity index (χ0v) is 20.0. The van der Waals surface area contributed by atoms with Gasteiger partial charge in [-0.2, -0.15) is 0 Å². The molecule has 3 aliphatic carbocycles. The van der Waals surface area contributed by atoms with E-state index in [0.717, 1.165) is 57.8 Å². The maximum Gasteiger partial charge on any atom is 0.306 e. The van der Waals surface area contributed by atoms with Crippen molar-refractivity contribution >= 4 is 11.9 Å². The second-order valence-electron chi connectivity index (χ2n) is 10.6. The molecule has 5 atom stereocenters. The number of nitrogens with one attached hydrogen (secondary N) is 1. The minimum absolute atomic E-state index is 0.0243. The molecule has 6 heteroatoms. The number of esters is 1. The van der Waals surface area contributed by atoms with E-state index in [1.807, 2.05) is 12.1 Å². The Morgan fingerprint density at radius 2 is 2.00 bits per heavy atom. The molecule has 4 rings (SSSR count). The number of nitrogens with two attached hydrogens (primary N) is 1. The van der Waals surface area contributed by atoms with E-state index in [1.54, 1.807) is 0 Å². The summed E-state index contributed by atoms with van der Waals surface area (Å²) in [5, 5.41) is 12.8. The van der Waals surface area contributed by atoms with E-state index in [4.69, 9.17) is 10.5 Å². The van der Waals surface area contributed by atoms with Crippen LogP contribution in [0.5, 0.6) is 5.75 Å². The lowest BCUT2D eigenvalue weighted by atomic mass is 9.55. The molecule has 0 bridgehead atoms. The normalized spacial score (nSPS) is 30.1. The smallest absolute Gasteiger partial charge is 0.306 e. The highest BCUT2D eigenvalue weighted by Crippen LogP contribution is 2.61. The lowest BCUT2D eigenvalue weighted by Crippen LogP contribution is -2.45. The summed E-state index contributed by atoms with van der Waals surface area (Å²) < 4.78 is 5.99. The minimum Gasteiger partial charge on any atom is -0.508 e. The van der Waals surface area contributed by atoms with Crippen LogP contribution < -0.4 is 11.1 Å². The molecule has 33 heavy (non-hydrogen) atoms. The van der Waals surface area contributed by atoms with Crippen molar-refractivity contribution in [2.45, 2.75) is 89.6 Å². The third kappa shape index (κ3) is 5.21. The Labute approximate surface area is 197 Å². The molecule has 0 spiro atoms. The van der Waals surface area contributed by atoms with Crippen molar-refractivity contribution in [3.63, 3.8) is 0 Å². The third-order valence-corrected chi connectivity index (χ3v) is 8.66.